The third-order valence-corrected chi connectivity index (χ3v) is 3.15. The molecule has 2 aromatic rings. The summed E-state index contributed by atoms with van der Waals surface area (Å²) in [6, 6.07) is 13.3. The summed E-state index contributed by atoms with van der Waals surface area (Å²) in [6.07, 6.45) is 0. The monoisotopic (exact) mass is 287 g/mol. The molecule has 21 heavy (non-hydrogen) atoms. The number of aliphatic hydroxyl groups excluding tert-OH is 1. The van der Waals surface area contributed by atoms with E-state index in [1.54, 1.807) is 12.1 Å². The molecule has 0 bridgehead atoms. The van der Waals surface area contributed by atoms with Crippen LogP contribution in [0.15, 0.2) is 48.5 Å². The molecule has 0 heterocycles. The maximum absolute atomic E-state index is 12.2. The summed E-state index contributed by atoms with van der Waals surface area (Å²) >= 11 is 0. The van der Waals surface area contributed by atoms with Gasteiger partial charge < -0.3 is 20.3 Å². The van der Waals surface area contributed by atoms with Crippen LogP contribution in [0.3, 0.4) is 0 Å². The molecule has 5 heteroatoms. The summed E-state index contributed by atoms with van der Waals surface area (Å²) < 4.78 is 4.97. The Morgan fingerprint density at radius 1 is 1.19 bits per heavy atom. The van der Waals surface area contributed by atoms with Crippen molar-refractivity contribution in [3.05, 3.63) is 59.7 Å². The van der Waals surface area contributed by atoms with E-state index < -0.39 is 11.9 Å². The lowest BCUT2D eigenvalue weighted by Crippen LogP contribution is -2.30. The van der Waals surface area contributed by atoms with Gasteiger partial charge in [-0.2, -0.15) is 0 Å². The predicted octanol–water partition coefficient (Wildman–Crippen LogP) is 1.86. The highest BCUT2D eigenvalue weighted by molar-refractivity contribution is 5.97. The van der Waals surface area contributed by atoms with Crippen LogP contribution in [0.4, 0.5) is 0 Å². The van der Waals surface area contributed by atoms with Gasteiger partial charge in [0.05, 0.1) is 25.3 Å². The Morgan fingerprint density at radius 2 is 1.90 bits per heavy atom. The van der Waals surface area contributed by atoms with Crippen LogP contribution in [-0.2, 0) is 0 Å². The number of carbonyl (C=O) groups excluding carboxylic acids is 1. The zero-order valence-corrected chi connectivity index (χ0v) is 11.6. The van der Waals surface area contributed by atoms with Gasteiger partial charge in [-0.15, -0.1) is 0 Å². The minimum Gasteiger partial charge on any atom is -0.504 e. The van der Waals surface area contributed by atoms with Crippen molar-refractivity contribution in [3.8, 4) is 11.5 Å². The largest absolute Gasteiger partial charge is 0.504 e. The van der Waals surface area contributed by atoms with Crippen molar-refractivity contribution >= 4 is 5.91 Å². The van der Waals surface area contributed by atoms with Crippen molar-refractivity contribution in [2.24, 2.45) is 0 Å². The maximum Gasteiger partial charge on any atom is 0.255 e. The maximum atomic E-state index is 12.2. The van der Waals surface area contributed by atoms with E-state index in [4.69, 9.17) is 4.74 Å². The van der Waals surface area contributed by atoms with Crippen LogP contribution in [0.2, 0.25) is 0 Å². The standard InChI is InChI=1S/C16H17NO4/c1-21-14-9-5-8-12(15(14)19)16(20)17-13(10-18)11-6-3-2-4-7-11/h2-9,13,18-19H,10H2,1H3,(H,17,20). The fraction of sp³-hybridized carbons (Fsp3) is 0.188. The van der Waals surface area contributed by atoms with Crippen LogP contribution in [0.25, 0.3) is 0 Å². The number of benzene rings is 2. The SMILES string of the molecule is COc1cccc(C(=O)NC(CO)c2ccccc2)c1O. The second kappa shape index (κ2) is 6.76. The zero-order valence-electron chi connectivity index (χ0n) is 11.6. The quantitative estimate of drug-likeness (QED) is 0.784. The first-order valence-corrected chi connectivity index (χ1v) is 6.50. The highest BCUT2D eigenvalue weighted by atomic mass is 16.5. The summed E-state index contributed by atoms with van der Waals surface area (Å²) in [5, 5.41) is 22.1. The normalized spacial score (nSPS) is 11.7. The van der Waals surface area contributed by atoms with Crippen LogP contribution < -0.4 is 10.1 Å². The summed E-state index contributed by atoms with van der Waals surface area (Å²) in [4.78, 5) is 12.2. The average molecular weight is 287 g/mol. The molecule has 1 unspecified atom stereocenters. The molecule has 2 aromatic carbocycles. The second-order valence-corrected chi connectivity index (χ2v) is 4.48. The molecule has 1 amide bonds. The van der Waals surface area contributed by atoms with E-state index >= 15 is 0 Å². The van der Waals surface area contributed by atoms with Gasteiger partial charge in [0.25, 0.3) is 5.91 Å². The predicted molar refractivity (Wildman–Crippen MR) is 78.4 cm³/mol. The molecule has 110 valence electrons. The van der Waals surface area contributed by atoms with Crippen molar-refractivity contribution in [3.63, 3.8) is 0 Å². The van der Waals surface area contributed by atoms with E-state index in [0.717, 1.165) is 5.56 Å². The van der Waals surface area contributed by atoms with Crippen LogP contribution in [-0.4, -0.2) is 29.8 Å². The molecule has 0 radical (unpaired) electrons. The molecule has 5 nitrogen and oxygen atoms in total. The Bertz CT molecular complexity index is 613. The number of phenolic OH excluding ortho intramolecular Hbond substituents is 1. The fourth-order valence-corrected chi connectivity index (χ4v) is 2.03. The smallest absolute Gasteiger partial charge is 0.255 e. The highest BCUT2D eigenvalue weighted by Crippen LogP contribution is 2.29. The Hall–Kier alpha value is -2.53. The number of para-hydroxylation sites is 1. The van der Waals surface area contributed by atoms with Crippen molar-refractivity contribution in [1.29, 1.82) is 0 Å². The molecule has 0 fully saturated rings. The molecule has 0 aliphatic heterocycles. The third-order valence-electron chi connectivity index (χ3n) is 3.15. The van der Waals surface area contributed by atoms with Crippen LogP contribution in [0.1, 0.15) is 22.0 Å². The first kappa shape index (κ1) is 14.9. The first-order chi connectivity index (χ1) is 10.2. The molecule has 1 atom stereocenters. The van der Waals surface area contributed by atoms with Gasteiger partial charge in [-0.1, -0.05) is 36.4 Å². The van der Waals surface area contributed by atoms with Crippen molar-refractivity contribution in [2.75, 3.05) is 13.7 Å². The van der Waals surface area contributed by atoms with Gasteiger partial charge in [0.15, 0.2) is 11.5 Å². The molecule has 0 aliphatic carbocycles. The van der Waals surface area contributed by atoms with Gasteiger partial charge >= 0.3 is 0 Å². The highest BCUT2D eigenvalue weighted by Gasteiger charge is 2.19. The number of aromatic hydroxyl groups is 1. The van der Waals surface area contributed by atoms with Crippen LogP contribution in [0.5, 0.6) is 11.5 Å². The number of phenols is 1. The number of rotatable bonds is 5. The number of hydrogen-bond acceptors (Lipinski definition) is 4. The number of carbonyl (C=O) groups is 1. The molecule has 0 saturated heterocycles. The lowest BCUT2D eigenvalue weighted by molar-refractivity contribution is 0.0913. The lowest BCUT2D eigenvalue weighted by Gasteiger charge is -2.17. The average Bonchev–Trinajstić information content (AvgIpc) is 2.53. The van der Waals surface area contributed by atoms with Gasteiger partial charge in [0.1, 0.15) is 0 Å². The lowest BCUT2D eigenvalue weighted by atomic mass is 10.1. The van der Waals surface area contributed by atoms with Crippen LogP contribution >= 0.6 is 0 Å². The summed E-state index contributed by atoms with van der Waals surface area (Å²) in [6.45, 7) is -0.236. The van der Waals surface area contributed by atoms with Gasteiger partial charge in [-0.05, 0) is 17.7 Å². The second-order valence-electron chi connectivity index (χ2n) is 4.48. The Labute approximate surface area is 122 Å². The van der Waals surface area contributed by atoms with E-state index in [9.17, 15) is 15.0 Å². The Morgan fingerprint density at radius 3 is 2.52 bits per heavy atom. The number of ether oxygens (including phenoxy) is 1. The number of hydrogen-bond donors (Lipinski definition) is 3. The van der Waals surface area contributed by atoms with Gasteiger partial charge in [0.2, 0.25) is 0 Å². The van der Waals surface area contributed by atoms with E-state index in [-0.39, 0.29) is 23.7 Å². The molecular formula is C16H17NO4. The number of amides is 1. The van der Waals surface area contributed by atoms with Crippen molar-refractivity contribution in [1.82, 2.24) is 5.32 Å². The Kier molecular flexibility index (Phi) is 4.79. The topological polar surface area (TPSA) is 78.8 Å². The molecule has 0 aliphatic rings. The van der Waals surface area contributed by atoms with Crippen LogP contribution in [0, 0.1) is 0 Å². The van der Waals surface area contributed by atoms with Crippen molar-refractivity contribution < 1.29 is 19.7 Å². The van der Waals surface area contributed by atoms with E-state index in [1.165, 1.54) is 13.2 Å². The zero-order chi connectivity index (χ0) is 15.2. The molecule has 0 aromatic heterocycles. The minimum atomic E-state index is -0.538. The van der Waals surface area contributed by atoms with E-state index in [1.807, 2.05) is 30.3 Å². The minimum absolute atomic E-state index is 0.101. The summed E-state index contributed by atoms with van der Waals surface area (Å²) in [7, 11) is 1.41. The molecule has 3 N–H and O–H groups in total. The summed E-state index contributed by atoms with van der Waals surface area (Å²) in [5.41, 5.74) is 0.888. The first-order valence-electron chi connectivity index (χ1n) is 6.50. The van der Waals surface area contributed by atoms with E-state index in [0.29, 0.717) is 0 Å². The van der Waals surface area contributed by atoms with Gasteiger partial charge in [0, 0.05) is 0 Å². The number of nitrogens with one attached hydrogen (secondary N) is 1. The number of aliphatic hydroxyl groups is 1. The van der Waals surface area contributed by atoms with Gasteiger partial charge in [-0.3, -0.25) is 4.79 Å². The fourth-order valence-electron chi connectivity index (χ4n) is 2.03. The molecule has 2 rings (SSSR count). The molecular weight excluding hydrogens is 270 g/mol. The molecule has 0 saturated carbocycles. The molecule has 0 spiro atoms. The third kappa shape index (κ3) is 3.32. The summed E-state index contributed by atoms with van der Waals surface area (Å²) in [5.74, 6) is -0.473. The van der Waals surface area contributed by atoms with Gasteiger partial charge in [-0.25, -0.2) is 0 Å². The Balaban J connectivity index is 2.21. The van der Waals surface area contributed by atoms with Crippen molar-refractivity contribution in [2.45, 2.75) is 6.04 Å². The van der Waals surface area contributed by atoms with E-state index in [2.05, 4.69) is 5.32 Å². The number of methoxy groups -OCH3 is 1.